The van der Waals surface area contributed by atoms with Gasteiger partial charge in [-0.05, 0) is 63.4 Å². The van der Waals surface area contributed by atoms with Crippen LogP contribution < -0.4 is 5.32 Å². The van der Waals surface area contributed by atoms with Crippen LogP contribution in [0.2, 0.25) is 0 Å². The largest absolute Gasteiger partial charge is 0.464 e. The average Bonchev–Trinajstić information content (AvgIpc) is 3.28. The Labute approximate surface area is 177 Å². The standard InChI is InChI=1S/C24H28N4O2/c1-17-23(18(2)27-16-26-17)24(29)25-14-19-9-11-28(12-10-19)15-20-6-3-4-7-21(20)22-8-5-13-30-22/h3-8,13,16,19H,9-12,14-15H2,1-2H3,(H,25,29). The van der Waals surface area contributed by atoms with E-state index in [1.165, 1.54) is 11.9 Å². The second kappa shape index (κ2) is 9.22. The van der Waals surface area contributed by atoms with E-state index < -0.39 is 0 Å². The van der Waals surface area contributed by atoms with Crippen LogP contribution in [-0.2, 0) is 6.54 Å². The first kappa shape index (κ1) is 20.3. The lowest BCUT2D eigenvalue weighted by atomic mass is 9.95. The molecule has 3 aromatic rings. The number of carbonyl (C=O) groups is 1. The lowest BCUT2D eigenvalue weighted by molar-refractivity contribution is 0.0933. The van der Waals surface area contributed by atoms with Gasteiger partial charge in [-0.15, -0.1) is 0 Å². The third-order valence-corrected chi connectivity index (χ3v) is 5.91. The monoisotopic (exact) mass is 404 g/mol. The molecule has 1 fully saturated rings. The third kappa shape index (κ3) is 4.60. The maximum Gasteiger partial charge on any atom is 0.254 e. The number of rotatable bonds is 6. The molecule has 156 valence electrons. The average molecular weight is 405 g/mol. The van der Waals surface area contributed by atoms with E-state index in [4.69, 9.17) is 4.42 Å². The Kier molecular flexibility index (Phi) is 6.23. The van der Waals surface area contributed by atoms with E-state index in [1.807, 2.05) is 26.0 Å². The minimum absolute atomic E-state index is 0.0691. The van der Waals surface area contributed by atoms with Gasteiger partial charge in [0.2, 0.25) is 0 Å². The van der Waals surface area contributed by atoms with Crippen molar-refractivity contribution < 1.29 is 9.21 Å². The van der Waals surface area contributed by atoms with Crippen molar-refractivity contribution in [1.82, 2.24) is 20.2 Å². The molecule has 0 bridgehead atoms. The summed E-state index contributed by atoms with van der Waals surface area (Å²) in [7, 11) is 0. The van der Waals surface area contributed by atoms with Crippen LogP contribution >= 0.6 is 0 Å². The number of hydrogen-bond donors (Lipinski definition) is 1. The zero-order valence-corrected chi connectivity index (χ0v) is 17.6. The summed E-state index contributed by atoms with van der Waals surface area (Å²) in [6.07, 6.45) is 5.37. The molecule has 0 saturated carbocycles. The number of nitrogens with zero attached hydrogens (tertiary/aromatic N) is 3. The maximum absolute atomic E-state index is 12.6. The molecule has 2 aromatic heterocycles. The van der Waals surface area contributed by atoms with E-state index in [1.54, 1.807) is 6.26 Å². The first-order valence-electron chi connectivity index (χ1n) is 10.5. The van der Waals surface area contributed by atoms with Crippen LogP contribution in [0.3, 0.4) is 0 Å². The van der Waals surface area contributed by atoms with Gasteiger partial charge in [-0.1, -0.05) is 24.3 Å². The van der Waals surface area contributed by atoms with Gasteiger partial charge in [-0.3, -0.25) is 9.69 Å². The van der Waals surface area contributed by atoms with Gasteiger partial charge < -0.3 is 9.73 Å². The SMILES string of the molecule is Cc1ncnc(C)c1C(=O)NCC1CCN(Cc2ccccc2-c2ccco2)CC1. The van der Waals surface area contributed by atoms with Crippen LogP contribution in [0.1, 0.15) is 40.2 Å². The van der Waals surface area contributed by atoms with Crippen molar-refractivity contribution >= 4 is 5.91 Å². The van der Waals surface area contributed by atoms with E-state index >= 15 is 0 Å². The van der Waals surface area contributed by atoms with E-state index in [0.717, 1.165) is 55.2 Å². The molecule has 6 heteroatoms. The number of aromatic nitrogens is 2. The molecule has 1 amide bonds. The molecule has 1 aliphatic rings. The van der Waals surface area contributed by atoms with E-state index in [-0.39, 0.29) is 5.91 Å². The predicted molar refractivity (Wildman–Crippen MR) is 116 cm³/mol. The molecule has 0 aliphatic carbocycles. The van der Waals surface area contributed by atoms with Crippen LogP contribution in [0.15, 0.2) is 53.4 Å². The van der Waals surface area contributed by atoms with Gasteiger partial charge in [-0.25, -0.2) is 9.97 Å². The van der Waals surface area contributed by atoms with Crippen molar-refractivity contribution in [1.29, 1.82) is 0 Å². The van der Waals surface area contributed by atoms with Gasteiger partial charge in [0.1, 0.15) is 12.1 Å². The van der Waals surface area contributed by atoms with Crippen LogP contribution in [-0.4, -0.2) is 40.4 Å². The van der Waals surface area contributed by atoms with E-state index in [2.05, 4.69) is 44.5 Å². The molecule has 1 saturated heterocycles. The highest BCUT2D eigenvalue weighted by molar-refractivity contribution is 5.96. The predicted octanol–water partition coefficient (Wildman–Crippen LogP) is 4.00. The highest BCUT2D eigenvalue weighted by Crippen LogP contribution is 2.27. The van der Waals surface area contributed by atoms with Gasteiger partial charge in [0.05, 0.1) is 23.2 Å². The molecule has 3 heterocycles. The zero-order chi connectivity index (χ0) is 20.9. The van der Waals surface area contributed by atoms with Crippen molar-refractivity contribution in [2.24, 2.45) is 5.92 Å². The van der Waals surface area contributed by atoms with E-state index in [9.17, 15) is 4.79 Å². The summed E-state index contributed by atoms with van der Waals surface area (Å²) in [6.45, 7) is 7.36. The summed E-state index contributed by atoms with van der Waals surface area (Å²) in [4.78, 5) is 23.4. The topological polar surface area (TPSA) is 71.3 Å². The Hall–Kier alpha value is -2.99. The Morgan fingerprint density at radius 1 is 1.10 bits per heavy atom. The second-order valence-corrected chi connectivity index (χ2v) is 7.98. The summed E-state index contributed by atoms with van der Waals surface area (Å²) < 4.78 is 5.61. The van der Waals surface area contributed by atoms with E-state index in [0.29, 0.717) is 18.0 Å². The van der Waals surface area contributed by atoms with Crippen LogP contribution in [0.25, 0.3) is 11.3 Å². The molecular formula is C24H28N4O2. The fourth-order valence-electron chi connectivity index (χ4n) is 4.17. The minimum Gasteiger partial charge on any atom is -0.464 e. The van der Waals surface area contributed by atoms with Crippen molar-refractivity contribution in [3.05, 3.63) is 71.5 Å². The Bertz CT molecular complexity index is 972. The number of nitrogens with one attached hydrogen (secondary N) is 1. The van der Waals surface area contributed by atoms with Gasteiger partial charge >= 0.3 is 0 Å². The summed E-state index contributed by atoms with van der Waals surface area (Å²) in [6, 6.07) is 12.4. The molecule has 30 heavy (non-hydrogen) atoms. The number of piperidine rings is 1. The molecule has 4 rings (SSSR count). The number of aryl methyl sites for hydroxylation is 2. The smallest absolute Gasteiger partial charge is 0.254 e. The second-order valence-electron chi connectivity index (χ2n) is 7.98. The number of hydrogen-bond acceptors (Lipinski definition) is 5. The number of likely N-dealkylation sites (tertiary alicyclic amines) is 1. The molecule has 1 N–H and O–H groups in total. The van der Waals surface area contributed by atoms with Gasteiger partial charge in [0, 0.05) is 18.7 Å². The molecular weight excluding hydrogens is 376 g/mol. The normalized spacial score (nSPS) is 15.3. The van der Waals surface area contributed by atoms with Crippen molar-refractivity contribution in [2.75, 3.05) is 19.6 Å². The molecule has 1 aliphatic heterocycles. The van der Waals surface area contributed by atoms with Crippen molar-refractivity contribution in [3.63, 3.8) is 0 Å². The fraction of sp³-hybridized carbons (Fsp3) is 0.375. The van der Waals surface area contributed by atoms with Gasteiger partial charge in [-0.2, -0.15) is 0 Å². The number of furan rings is 1. The van der Waals surface area contributed by atoms with Gasteiger partial charge in [0.15, 0.2) is 0 Å². The lowest BCUT2D eigenvalue weighted by Crippen LogP contribution is -2.38. The highest BCUT2D eigenvalue weighted by atomic mass is 16.3. The van der Waals surface area contributed by atoms with Crippen molar-refractivity contribution in [3.8, 4) is 11.3 Å². The summed E-state index contributed by atoms with van der Waals surface area (Å²) >= 11 is 0. The number of amides is 1. The molecule has 1 aromatic carbocycles. The summed E-state index contributed by atoms with van der Waals surface area (Å²) in [5, 5.41) is 3.09. The van der Waals surface area contributed by atoms with Gasteiger partial charge in [0.25, 0.3) is 5.91 Å². The highest BCUT2D eigenvalue weighted by Gasteiger charge is 2.22. The molecule has 0 spiro atoms. The third-order valence-electron chi connectivity index (χ3n) is 5.91. The molecule has 6 nitrogen and oxygen atoms in total. The van der Waals surface area contributed by atoms with Crippen LogP contribution in [0, 0.1) is 19.8 Å². The lowest BCUT2D eigenvalue weighted by Gasteiger charge is -2.32. The Balaban J connectivity index is 1.30. The first-order valence-corrected chi connectivity index (χ1v) is 10.5. The number of benzene rings is 1. The quantitative estimate of drug-likeness (QED) is 0.672. The summed E-state index contributed by atoms with van der Waals surface area (Å²) in [5.74, 6) is 1.34. The Morgan fingerprint density at radius 3 is 2.53 bits per heavy atom. The zero-order valence-electron chi connectivity index (χ0n) is 17.6. The maximum atomic E-state index is 12.6. The Morgan fingerprint density at radius 2 is 1.83 bits per heavy atom. The fourth-order valence-corrected chi connectivity index (χ4v) is 4.17. The van der Waals surface area contributed by atoms with Crippen LogP contribution in [0.4, 0.5) is 0 Å². The van der Waals surface area contributed by atoms with Crippen LogP contribution in [0.5, 0.6) is 0 Å². The minimum atomic E-state index is -0.0691. The molecule has 0 atom stereocenters. The summed E-state index contributed by atoms with van der Waals surface area (Å²) in [5.41, 5.74) is 4.50. The molecule has 0 unspecified atom stereocenters. The van der Waals surface area contributed by atoms with Crippen molar-refractivity contribution in [2.45, 2.75) is 33.2 Å². The molecule has 0 radical (unpaired) electrons. The number of carbonyl (C=O) groups excluding carboxylic acids is 1. The first-order chi connectivity index (χ1) is 14.6.